The predicted molar refractivity (Wildman–Crippen MR) is 75.7 cm³/mol. The molecule has 0 bridgehead atoms. The number of hydrogen-bond acceptors (Lipinski definition) is 3. The fourth-order valence-corrected chi connectivity index (χ4v) is 2.42. The third kappa shape index (κ3) is 2.63. The van der Waals surface area contributed by atoms with Gasteiger partial charge in [0.05, 0.1) is 11.7 Å². The molecule has 2 rings (SSSR count). The zero-order valence-electron chi connectivity index (χ0n) is 9.95. The van der Waals surface area contributed by atoms with Crippen molar-refractivity contribution in [2.24, 2.45) is 0 Å². The number of aromatic carboxylic acids is 1. The molecule has 19 heavy (non-hydrogen) atoms. The number of aliphatic hydroxyl groups excluding tert-OH is 2. The van der Waals surface area contributed by atoms with Crippen molar-refractivity contribution in [3.05, 3.63) is 47.5 Å². The Hall–Kier alpha value is -1.43. The van der Waals surface area contributed by atoms with Gasteiger partial charge in [-0.15, -0.1) is 0 Å². The van der Waals surface area contributed by atoms with Gasteiger partial charge in [0.25, 0.3) is 0 Å². The summed E-state index contributed by atoms with van der Waals surface area (Å²) >= 11 is 3.11. The average Bonchev–Trinajstić information content (AvgIpc) is 2.44. The van der Waals surface area contributed by atoms with Crippen LogP contribution in [0.15, 0.2) is 36.4 Å². The summed E-state index contributed by atoms with van der Waals surface area (Å²) in [6.45, 7) is 0. The molecular weight excluding hydrogens is 312 g/mol. The summed E-state index contributed by atoms with van der Waals surface area (Å²) in [4.78, 5) is 11.2. The van der Waals surface area contributed by atoms with Crippen LogP contribution in [0.1, 0.15) is 22.0 Å². The summed E-state index contributed by atoms with van der Waals surface area (Å²) in [6.07, 6.45) is -2.01. The Bertz CT molecular complexity index is 611. The first kappa shape index (κ1) is 14.0. The number of hydrogen-bond donors (Lipinski definition) is 3. The fourth-order valence-electron chi connectivity index (χ4n) is 2.07. The summed E-state index contributed by atoms with van der Waals surface area (Å²) < 4.78 is 0. The number of rotatable bonds is 4. The van der Waals surface area contributed by atoms with Crippen LogP contribution < -0.4 is 0 Å². The van der Waals surface area contributed by atoms with E-state index in [9.17, 15) is 15.0 Å². The first-order chi connectivity index (χ1) is 9.06. The van der Waals surface area contributed by atoms with Crippen molar-refractivity contribution in [3.8, 4) is 0 Å². The van der Waals surface area contributed by atoms with Gasteiger partial charge in [-0.3, -0.25) is 0 Å². The van der Waals surface area contributed by atoms with Gasteiger partial charge in [-0.05, 0) is 22.4 Å². The van der Waals surface area contributed by atoms with E-state index in [0.29, 0.717) is 16.3 Å². The van der Waals surface area contributed by atoms with E-state index in [2.05, 4.69) is 15.9 Å². The lowest BCUT2D eigenvalue weighted by molar-refractivity contribution is 0.0352. The van der Waals surface area contributed by atoms with E-state index in [0.717, 1.165) is 0 Å². The van der Waals surface area contributed by atoms with Gasteiger partial charge < -0.3 is 15.3 Å². The minimum Gasteiger partial charge on any atom is -0.478 e. The van der Waals surface area contributed by atoms with E-state index in [4.69, 9.17) is 5.11 Å². The molecule has 0 aliphatic carbocycles. The van der Waals surface area contributed by atoms with Crippen LogP contribution in [0.4, 0.5) is 0 Å². The summed E-state index contributed by atoms with van der Waals surface area (Å²) in [7, 11) is 0. The van der Waals surface area contributed by atoms with Crippen LogP contribution >= 0.6 is 15.9 Å². The molecule has 0 heterocycles. The topological polar surface area (TPSA) is 77.8 Å². The number of alkyl halides is 1. The molecule has 3 N–H and O–H groups in total. The molecule has 2 aromatic rings. The zero-order valence-corrected chi connectivity index (χ0v) is 11.5. The van der Waals surface area contributed by atoms with Crippen molar-refractivity contribution in [1.29, 1.82) is 0 Å². The van der Waals surface area contributed by atoms with Crippen LogP contribution in [0.3, 0.4) is 0 Å². The van der Waals surface area contributed by atoms with Crippen molar-refractivity contribution < 1.29 is 20.1 Å². The lowest BCUT2D eigenvalue weighted by Gasteiger charge is -2.18. The van der Waals surface area contributed by atoms with Gasteiger partial charge in [-0.25, -0.2) is 4.79 Å². The minimum atomic E-state index is -1.06. The largest absolute Gasteiger partial charge is 0.478 e. The molecule has 0 aromatic heterocycles. The van der Waals surface area contributed by atoms with Crippen molar-refractivity contribution in [2.75, 3.05) is 5.33 Å². The standard InChI is InChI=1S/C14H13BrO4/c15-7-12(16)13(17)10-5-1-4-9-8(10)3-2-6-11(9)14(18)19/h1-6,12-13,16-17H,7H2,(H,18,19). The van der Waals surface area contributed by atoms with Crippen LogP contribution in [0.2, 0.25) is 0 Å². The highest BCUT2D eigenvalue weighted by Crippen LogP contribution is 2.28. The number of benzene rings is 2. The maximum atomic E-state index is 11.2. The second-order valence-corrected chi connectivity index (χ2v) is 4.87. The van der Waals surface area contributed by atoms with Gasteiger partial charge in [0, 0.05) is 5.33 Å². The first-order valence-electron chi connectivity index (χ1n) is 5.73. The molecule has 0 aliphatic rings. The van der Waals surface area contributed by atoms with Crippen LogP contribution in [0, 0.1) is 0 Å². The Balaban J connectivity index is 2.64. The second-order valence-electron chi connectivity index (χ2n) is 4.22. The van der Waals surface area contributed by atoms with Crippen LogP contribution in [-0.2, 0) is 0 Å². The van der Waals surface area contributed by atoms with E-state index in [1.807, 2.05) is 0 Å². The Morgan fingerprint density at radius 3 is 2.37 bits per heavy atom. The van der Waals surface area contributed by atoms with Gasteiger partial charge in [0.2, 0.25) is 0 Å². The van der Waals surface area contributed by atoms with Gasteiger partial charge in [0.15, 0.2) is 0 Å². The lowest BCUT2D eigenvalue weighted by Crippen LogP contribution is -2.19. The summed E-state index contributed by atoms with van der Waals surface area (Å²) in [5, 5.41) is 30.4. The number of halogens is 1. The maximum Gasteiger partial charge on any atom is 0.336 e. The number of aliphatic hydroxyl groups is 2. The fraction of sp³-hybridized carbons (Fsp3) is 0.214. The zero-order chi connectivity index (χ0) is 14.0. The molecule has 0 amide bonds. The summed E-state index contributed by atoms with van der Waals surface area (Å²) in [6, 6.07) is 9.93. The average molecular weight is 325 g/mol. The van der Waals surface area contributed by atoms with Gasteiger partial charge in [-0.1, -0.05) is 46.3 Å². The number of carboxylic acids is 1. The lowest BCUT2D eigenvalue weighted by atomic mass is 9.95. The van der Waals surface area contributed by atoms with Crippen molar-refractivity contribution in [3.63, 3.8) is 0 Å². The van der Waals surface area contributed by atoms with Gasteiger partial charge in [-0.2, -0.15) is 0 Å². The third-order valence-electron chi connectivity index (χ3n) is 3.03. The molecule has 5 heteroatoms. The van der Waals surface area contributed by atoms with E-state index >= 15 is 0 Å². The summed E-state index contributed by atoms with van der Waals surface area (Å²) in [5.74, 6) is -1.02. The van der Waals surface area contributed by atoms with Crippen LogP contribution in [0.5, 0.6) is 0 Å². The molecule has 2 unspecified atom stereocenters. The van der Waals surface area contributed by atoms with Gasteiger partial charge >= 0.3 is 5.97 Å². The van der Waals surface area contributed by atoms with Crippen LogP contribution in [0.25, 0.3) is 10.8 Å². The molecule has 0 radical (unpaired) electrons. The van der Waals surface area contributed by atoms with Crippen molar-refractivity contribution in [2.45, 2.75) is 12.2 Å². The smallest absolute Gasteiger partial charge is 0.336 e. The highest BCUT2D eigenvalue weighted by atomic mass is 79.9. The molecule has 0 aliphatic heterocycles. The molecule has 4 nitrogen and oxygen atoms in total. The SMILES string of the molecule is O=C(O)c1cccc2c(C(O)C(O)CBr)cccc12. The molecule has 2 aromatic carbocycles. The third-order valence-corrected chi connectivity index (χ3v) is 3.69. The highest BCUT2D eigenvalue weighted by molar-refractivity contribution is 9.09. The monoisotopic (exact) mass is 324 g/mol. The Morgan fingerprint density at radius 2 is 1.74 bits per heavy atom. The maximum absolute atomic E-state index is 11.2. The van der Waals surface area contributed by atoms with Crippen molar-refractivity contribution >= 4 is 32.7 Å². The number of carbonyl (C=O) groups is 1. The number of carboxylic acid groups (broad SMARTS) is 1. The molecule has 100 valence electrons. The molecule has 0 spiro atoms. The normalized spacial score (nSPS) is 14.3. The molecule has 0 saturated heterocycles. The van der Waals surface area contributed by atoms with E-state index in [1.165, 1.54) is 6.07 Å². The highest BCUT2D eigenvalue weighted by Gasteiger charge is 2.20. The number of fused-ring (bicyclic) bond motifs is 1. The quantitative estimate of drug-likeness (QED) is 0.754. The summed E-state index contributed by atoms with van der Waals surface area (Å²) in [5.41, 5.74) is 0.701. The van der Waals surface area contributed by atoms with Gasteiger partial charge in [0.1, 0.15) is 6.10 Å². The van der Waals surface area contributed by atoms with E-state index in [-0.39, 0.29) is 10.9 Å². The molecule has 0 saturated carbocycles. The molecule has 0 fully saturated rings. The van der Waals surface area contributed by atoms with E-state index in [1.54, 1.807) is 30.3 Å². The van der Waals surface area contributed by atoms with E-state index < -0.39 is 18.2 Å². The molecule has 2 atom stereocenters. The van der Waals surface area contributed by atoms with Crippen LogP contribution in [-0.4, -0.2) is 32.7 Å². The molecular formula is C14H13BrO4. The first-order valence-corrected chi connectivity index (χ1v) is 6.85. The Kier molecular flexibility index (Phi) is 4.19. The predicted octanol–water partition coefficient (Wildman–Crippen LogP) is 2.33. The Morgan fingerprint density at radius 1 is 1.11 bits per heavy atom. The Labute approximate surface area is 118 Å². The van der Waals surface area contributed by atoms with Crippen molar-refractivity contribution in [1.82, 2.24) is 0 Å². The second kappa shape index (κ2) is 5.69. The minimum absolute atomic E-state index is 0.180.